The third-order valence-corrected chi connectivity index (χ3v) is 4.70. The van der Waals surface area contributed by atoms with Gasteiger partial charge in [0, 0.05) is 23.3 Å². The predicted octanol–water partition coefficient (Wildman–Crippen LogP) is 5.64. The fraction of sp³-hybridized carbons (Fsp3) is 0.167. The third-order valence-electron chi connectivity index (χ3n) is 4.70. The van der Waals surface area contributed by atoms with Gasteiger partial charge in [0.15, 0.2) is 0 Å². The largest absolute Gasteiger partial charge is 0.464 e. The Hall–Kier alpha value is -4.20. The van der Waals surface area contributed by atoms with Crippen molar-refractivity contribution in [1.29, 1.82) is 0 Å². The van der Waals surface area contributed by atoms with Crippen LogP contribution in [0.2, 0.25) is 0 Å². The molecule has 0 radical (unpaired) electrons. The molecule has 0 bridgehead atoms. The molecule has 0 saturated heterocycles. The molecule has 0 fully saturated rings. The van der Waals surface area contributed by atoms with E-state index in [0.29, 0.717) is 17.0 Å². The maximum absolute atomic E-state index is 11.9. The predicted molar refractivity (Wildman–Crippen MR) is 122 cm³/mol. The molecule has 3 heterocycles. The minimum absolute atomic E-state index is 0.388. The fourth-order valence-corrected chi connectivity index (χ4v) is 3.35. The van der Waals surface area contributed by atoms with Crippen LogP contribution in [0.4, 0.5) is 15.4 Å². The molecule has 0 atom stereocenters. The molecular formula is C24H22N4O4. The molecule has 0 aliphatic rings. The summed E-state index contributed by atoms with van der Waals surface area (Å²) in [7, 11) is 0. The lowest BCUT2D eigenvalue weighted by Crippen LogP contribution is -2.27. The normalized spacial score (nSPS) is 11.3. The number of anilines is 1. The van der Waals surface area contributed by atoms with E-state index in [0.717, 1.165) is 22.1 Å². The van der Waals surface area contributed by atoms with Gasteiger partial charge in [0.2, 0.25) is 0 Å². The summed E-state index contributed by atoms with van der Waals surface area (Å²) in [4.78, 5) is 32.0. The summed E-state index contributed by atoms with van der Waals surface area (Å²) in [6.07, 6.45) is 3.20. The van der Waals surface area contributed by atoms with Crippen LogP contribution in [0.15, 0.2) is 67.1 Å². The lowest BCUT2D eigenvalue weighted by molar-refractivity contribution is 0.0635. The van der Waals surface area contributed by atoms with Crippen molar-refractivity contribution in [1.82, 2.24) is 14.5 Å². The first-order chi connectivity index (χ1) is 15.2. The second-order valence-corrected chi connectivity index (χ2v) is 8.22. The van der Waals surface area contributed by atoms with E-state index < -0.39 is 17.8 Å². The van der Waals surface area contributed by atoms with Crippen LogP contribution in [-0.4, -0.2) is 37.4 Å². The highest BCUT2D eigenvalue weighted by molar-refractivity contribution is 5.95. The summed E-state index contributed by atoms with van der Waals surface area (Å²) in [6, 6.07) is 14.7. The van der Waals surface area contributed by atoms with Gasteiger partial charge in [-0.3, -0.25) is 10.3 Å². The van der Waals surface area contributed by atoms with E-state index in [9.17, 15) is 14.7 Å². The van der Waals surface area contributed by atoms with Crippen molar-refractivity contribution in [3.05, 3.63) is 67.1 Å². The van der Waals surface area contributed by atoms with Crippen LogP contribution in [0.3, 0.4) is 0 Å². The van der Waals surface area contributed by atoms with Crippen molar-refractivity contribution in [3.8, 4) is 22.4 Å². The van der Waals surface area contributed by atoms with Gasteiger partial charge in [-0.05, 0) is 56.2 Å². The van der Waals surface area contributed by atoms with Crippen molar-refractivity contribution >= 4 is 28.9 Å². The highest BCUT2D eigenvalue weighted by atomic mass is 16.6. The van der Waals surface area contributed by atoms with E-state index in [1.165, 1.54) is 4.57 Å². The Balaban J connectivity index is 1.56. The molecular weight excluding hydrogens is 408 g/mol. The zero-order chi connectivity index (χ0) is 22.9. The maximum atomic E-state index is 11.9. The van der Waals surface area contributed by atoms with E-state index >= 15 is 0 Å². The van der Waals surface area contributed by atoms with Gasteiger partial charge in [-0.1, -0.05) is 24.3 Å². The summed E-state index contributed by atoms with van der Waals surface area (Å²) in [5.41, 5.74) is 3.05. The molecule has 8 nitrogen and oxygen atoms in total. The molecule has 1 aromatic carbocycles. The van der Waals surface area contributed by atoms with Crippen molar-refractivity contribution < 1.29 is 19.4 Å². The standard InChI is InChI=1S/C24H22N4O4/c1-24(2,3)32-22(29)27-21-9-8-18(13-26-21)15-4-6-16(7-5-15)19-12-17-10-11-25-14-20(17)28(19)23(30)31/h4-14H,1-3H3,(H,30,31)(H,26,27,29). The number of rotatable bonds is 3. The number of hydrogen-bond donors (Lipinski definition) is 2. The molecule has 1 amide bonds. The number of carbonyl (C=O) groups excluding carboxylic acids is 1. The molecule has 3 aromatic heterocycles. The molecule has 0 aliphatic carbocycles. The van der Waals surface area contributed by atoms with Gasteiger partial charge in [0.05, 0.1) is 17.4 Å². The zero-order valence-electron chi connectivity index (χ0n) is 17.9. The molecule has 8 heteroatoms. The van der Waals surface area contributed by atoms with Gasteiger partial charge in [0.1, 0.15) is 11.4 Å². The van der Waals surface area contributed by atoms with Crippen LogP contribution in [0, 0.1) is 0 Å². The van der Waals surface area contributed by atoms with Gasteiger partial charge in [-0.15, -0.1) is 0 Å². The van der Waals surface area contributed by atoms with Gasteiger partial charge >= 0.3 is 12.2 Å². The molecule has 0 saturated carbocycles. The number of fused-ring (bicyclic) bond motifs is 1. The molecule has 0 spiro atoms. The van der Waals surface area contributed by atoms with E-state index in [-0.39, 0.29) is 0 Å². The number of aromatic nitrogens is 3. The second-order valence-electron chi connectivity index (χ2n) is 8.22. The second kappa shape index (κ2) is 8.14. The van der Waals surface area contributed by atoms with Gasteiger partial charge in [0.25, 0.3) is 0 Å². The number of benzene rings is 1. The number of ether oxygens (including phenoxy) is 1. The number of pyridine rings is 2. The Kier molecular flexibility index (Phi) is 5.36. The number of amides is 1. The van der Waals surface area contributed by atoms with E-state index in [2.05, 4.69) is 15.3 Å². The number of carboxylic acid groups (broad SMARTS) is 1. The minimum Gasteiger partial charge on any atom is -0.464 e. The van der Waals surface area contributed by atoms with Gasteiger partial charge in [-0.2, -0.15) is 0 Å². The maximum Gasteiger partial charge on any atom is 0.416 e. The Labute approximate surface area is 184 Å². The Morgan fingerprint density at radius 1 is 0.969 bits per heavy atom. The first-order valence-electron chi connectivity index (χ1n) is 9.97. The van der Waals surface area contributed by atoms with Crippen LogP contribution in [0.25, 0.3) is 33.3 Å². The quantitative estimate of drug-likeness (QED) is 0.436. The summed E-state index contributed by atoms with van der Waals surface area (Å²) in [5.74, 6) is 0.388. The lowest BCUT2D eigenvalue weighted by Gasteiger charge is -2.19. The monoisotopic (exact) mass is 430 g/mol. The number of hydrogen-bond acceptors (Lipinski definition) is 5. The molecule has 32 heavy (non-hydrogen) atoms. The Morgan fingerprint density at radius 2 is 1.66 bits per heavy atom. The highest BCUT2D eigenvalue weighted by Gasteiger charge is 2.17. The summed E-state index contributed by atoms with van der Waals surface area (Å²) in [6.45, 7) is 5.37. The van der Waals surface area contributed by atoms with Crippen LogP contribution < -0.4 is 5.32 Å². The highest BCUT2D eigenvalue weighted by Crippen LogP contribution is 2.30. The fourth-order valence-electron chi connectivity index (χ4n) is 3.35. The molecule has 162 valence electrons. The third kappa shape index (κ3) is 4.44. The van der Waals surface area contributed by atoms with Gasteiger partial charge < -0.3 is 9.84 Å². The SMILES string of the molecule is CC(C)(C)OC(=O)Nc1ccc(-c2ccc(-c3cc4ccncc4n3C(=O)O)cc2)cn1. The summed E-state index contributed by atoms with van der Waals surface area (Å²) >= 11 is 0. The Bertz CT molecular complexity index is 1290. The lowest BCUT2D eigenvalue weighted by atomic mass is 10.0. The molecule has 2 N–H and O–H groups in total. The van der Waals surface area contributed by atoms with Crippen LogP contribution in [0.1, 0.15) is 20.8 Å². The molecule has 4 rings (SSSR count). The van der Waals surface area contributed by atoms with Gasteiger partial charge in [-0.25, -0.2) is 19.1 Å². The number of nitrogens with one attached hydrogen (secondary N) is 1. The van der Waals surface area contributed by atoms with Crippen LogP contribution >= 0.6 is 0 Å². The van der Waals surface area contributed by atoms with E-state index in [1.54, 1.807) is 51.5 Å². The Morgan fingerprint density at radius 3 is 2.28 bits per heavy atom. The smallest absolute Gasteiger partial charge is 0.416 e. The van der Waals surface area contributed by atoms with E-state index in [1.807, 2.05) is 36.4 Å². The first-order valence-corrected chi connectivity index (χ1v) is 9.97. The average molecular weight is 430 g/mol. The van der Waals surface area contributed by atoms with Crippen LogP contribution in [-0.2, 0) is 4.74 Å². The summed E-state index contributed by atoms with van der Waals surface area (Å²) in [5, 5.41) is 13.1. The number of nitrogens with zero attached hydrogens (tertiary/aromatic N) is 3. The average Bonchev–Trinajstić information content (AvgIpc) is 3.13. The van der Waals surface area contributed by atoms with Crippen LogP contribution in [0.5, 0.6) is 0 Å². The molecule has 0 unspecified atom stereocenters. The molecule has 4 aromatic rings. The minimum atomic E-state index is -1.07. The molecule has 0 aliphatic heterocycles. The number of carbonyl (C=O) groups is 2. The van der Waals surface area contributed by atoms with Crippen molar-refractivity contribution in [2.75, 3.05) is 5.32 Å². The van der Waals surface area contributed by atoms with Crippen molar-refractivity contribution in [2.45, 2.75) is 26.4 Å². The van der Waals surface area contributed by atoms with Crippen molar-refractivity contribution in [2.24, 2.45) is 0 Å². The topological polar surface area (TPSA) is 106 Å². The van der Waals surface area contributed by atoms with Crippen molar-refractivity contribution in [3.63, 3.8) is 0 Å². The van der Waals surface area contributed by atoms with E-state index in [4.69, 9.17) is 4.74 Å². The summed E-state index contributed by atoms with van der Waals surface area (Å²) < 4.78 is 6.45. The zero-order valence-corrected chi connectivity index (χ0v) is 17.9. The first kappa shape index (κ1) is 21.0.